The minimum atomic E-state index is -0.476. The van der Waals surface area contributed by atoms with Crippen LogP contribution in [0.2, 0.25) is 0 Å². The third kappa shape index (κ3) is 4.05. The van der Waals surface area contributed by atoms with E-state index in [-0.39, 0.29) is 18.3 Å². The van der Waals surface area contributed by atoms with E-state index in [2.05, 4.69) is 10.2 Å². The summed E-state index contributed by atoms with van der Waals surface area (Å²) in [6.07, 6.45) is 1.38. The van der Waals surface area contributed by atoms with Gasteiger partial charge in [0.25, 0.3) is 11.1 Å². The predicted octanol–water partition coefficient (Wildman–Crippen LogP) is 3.66. The van der Waals surface area contributed by atoms with E-state index in [1.54, 1.807) is 7.11 Å². The molecule has 2 aliphatic heterocycles. The van der Waals surface area contributed by atoms with Crippen molar-refractivity contribution >= 4 is 23.4 Å². The molecule has 0 bridgehead atoms. The molecule has 3 heterocycles. The molecule has 0 saturated heterocycles. The number of carbonyl (C=O) groups is 1. The summed E-state index contributed by atoms with van der Waals surface area (Å²) in [5, 5.41) is 8.46. The number of anilines is 1. The molecule has 0 aliphatic carbocycles. The van der Waals surface area contributed by atoms with Crippen molar-refractivity contribution in [3.63, 3.8) is 0 Å². The topological polar surface area (TPSA) is 86.9 Å². The number of hydrogen-bond donors (Lipinski definition) is 0. The fourth-order valence-electron chi connectivity index (χ4n) is 3.71. The van der Waals surface area contributed by atoms with Gasteiger partial charge >= 0.3 is 0 Å². The maximum Gasteiger partial charge on any atom is 0.277 e. The van der Waals surface area contributed by atoms with Gasteiger partial charge in [-0.1, -0.05) is 23.9 Å². The number of benzene rings is 2. The van der Waals surface area contributed by atoms with Crippen molar-refractivity contribution in [2.24, 2.45) is 0 Å². The number of ether oxygens (including phenoxy) is 3. The smallest absolute Gasteiger partial charge is 0.277 e. The van der Waals surface area contributed by atoms with E-state index in [1.165, 1.54) is 11.8 Å². The van der Waals surface area contributed by atoms with Crippen molar-refractivity contribution in [2.75, 3.05) is 30.9 Å². The van der Waals surface area contributed by atoms with Crippen LogP contribution in [-0.2, 0) is 11.2 Å². The lowest BCUT2D eigenvalue weighted by atomic mass is 10.0. The summed E-state index contributed by atoms with van der Waals surface area (Å²) in [5.74, 6) is 2.68. The summed E-state index contributed by atoms with van der Waals surface area (Å²) in [6.45, 7) is 0.983. The van der Waals surface area contributed by atoms with Crippen LogP contribution in [0.3, 0.4) is 0 Å². The standard InChI is InChI=1S/C22H21N3O5S/c1-27-15-8-9-16-14(11-15)5-4-10-25(16)20(26)13-31-22-24-23-21(30-22)19-12-28-17-6-2-3-7-18(17)29-19/h2-3,6-9,11,19H,4-5,10,12-13H2,1H3/t19-/m1/s1. The van der Waals surface area contributed by atoms with Gasteiger partial charge in [0.05, 0.1) is 12.9 Å². The molecule has 0 unspecified atom stereocenters. The molecule has 1 atom stereocenters. The van der Waals surface area contributed by atoms with Gasteiger partial charge in [-0.15, -0.1) is 10.2 Å². The van der Waals surface area contributed by atoms with E-state index in [0.717, 1.165) is 29.8 Å². The van der Waals surface area contributed by atoms with Crippen LogP contribution in [0.15, 0.2) is 52.1 Å². The lowest BCUT2D eigenvalue weighted by molar-refractivity contribution is -0.116. The number of thioether (sulfide) groups is 1. The number of amides is 1. The molecule has 31 heavy (non-hydrogen) atoms. The Morgan fingerprint density at radius 3 is 2.97 bits per heavy atom. The molecule has 0 N–H and O–H groups in total. The van der Waals surface area contributed by atoms with Crippen LogP contribution >= 0.6 is 11.8 Å². The van der Waals surface area contributed by atoms with E-state index in [0.29, 0.717) is 29.2 Å². The Labute approximate surface area is 183 Å². The normalized spacial score (nSPS) is 17.2. The summed E-state index contributed by atoms with van der Waals surface area (Å²) < 4.78 is 22.6. The van der Waals surface area contributed by atoms with Gasteiger partial charge < -0.3 is 23.5 Å². The van der Waals surface area contributed by atoms with Crippen molar-refractivity contribution in [1.82, 2.24) is 10.2 Å². The highest BCUT2D eigenvalue weighted by atomic mass is 32.2. The van der Waals surface area contributed by atoms with Gasteiger partial charge in [0.2, 0.25) is 12.0 Å². The molecular weight excluding hydrogens is 418 g/mol. The molecule has 1 amide bonds. The van der Waals surface area contributed by atoms with Crippen LogP contribution in [-0.4, -0.2) is 42.1 Å². The predicted molar refractivity (Wildman–Crippen MR) is 114 cm³/mol. The lowest BCUT2D eigenvalue weighted by Gasteiger charge is -2.29. The fraction of sp³-hybridized carbons (Fsp3) is 0.318. The number of methoxy groups -OCH3 is 1. The summed E-state index contributed by atoms with van der Waals surface area (Å²) in [4.78, 5) is 14.7. The fourth-order valence-corrected chi connectivity index (χ4v) is 4.36. The minimum Gasteiger partial charge on any atom is -0.497 e. The van der Waals surface area contributed by atoms with Crippen LogP contribution in [0.1, 0.15) is 24.0 Å². The first kappa shape index (κ1) is 19.7. The summed E-state index contributed by atoms with van der Waals surface area (Å²) >= 11 is 1.22. The van der Waals surface area contributed by atoms with Crippen molar-refractivity contribution in [2.45, 2.75) is 24.2 Å². The van der Waals surface area contributed by atoms with Crippen molar-refractivity contribution < 1.29 is 23.4 Å². The Morgan fingerprint density at radius 2 is 2.10 bits per heavy atom. The number of aryl methyl sites for hydroxylation is 1. The molecule has 0 saturated carbocycles. The van der Waals surface area contributed by atoms with Crippen LogP contribution < -0.4 is 19.1 Å². The molecule has 2 aliphatic rings. The number of nitrogens with zero attached hydrogens (tertiary/aromatic N) is 3. The number of fused-ring (bicyclic) bond motifs is 2. The van der Waals surface area contributed by atoms with Gasteiger partial charge in [0.15, 0.2) is 11.5 Å². The molecule has 3 aromatic rings. The molecule has 8 nitrogen and oxygen atoms in total. The Morgan fingerprint density at radius 1 is 1.23 bits per heavy atom. The summed E-state index contributed by atoms with van der Waals surface area (Å²) in [7, 11) is 1.64. The number of carbonyl (C=O) groups excluding carboxylic acids is 1. The monoisotopic (exact) mass is 439 g/mol. The Hall–Kier alpha value is -3.20. The highest BCUT2D eigenvalue weighted by Crippen LogP contribution is 2.36. The molecule has 160 valence electrons. The van der Waals surface area contributed by atoms with Gasteiger partial charge in [-0.2, -0.15) is 0 Å². The summed E-state index contributed by atoms with van der Waals surface area (Å²) in [6, 6.07) is 13.3. The number of rotatable bonds is 5. The number of hydrogen-bond acceptors (Lipinski definition) is 8. The average Bonchev–Trinajstić information content (AvgIpc) is 3.30. The van der Waals surface area contributed by atoms with E-state index in [4.69, 9.17) is 18.6 Å². The quantitative estimate of drug-likeness (QED) is 0.557. The van der Waals surface area contributed by atoms with E-state index in [1.807, 2.05) is 47.4 Å². The molecule has 0 radical (unpaired) electrons. The Bertz CT molecular complexity index is 1100. The van der Waals surface area contributed by atoms with Gasteiger partial charge in [0.1, 0.15) is 12.4 Å². The van der Waals surface area contributed by atoms with Gasteiger partial charge in [-0.25, -0.2) is 0 Å². The number of para-hydroxylation sites is 2. The molecule has 1 aromatic heterocycles. The van der Waals surface area contributed by atoms with Crippen LogP contribution in [0.4, 0.5) is 5.69 Å². The van der Waals surface area contributed by atoms with Gasteiger partial charge in [0, 0.05) is 12.2 Å². The van der Waals surface area contributed by atoms with E-state index >= 15 is 0 Å². The molecule has 0 spiro atoms. The zero-order chi connectivity index (χ0) is 21.2. The maximum absolute atomic E-state index is 12.9. The molecule has 2 aromatic carbocycles. The second kappa shape index (κ2) is 8.50. The highest BCUT2D eigenvalue weighted by molar-refractivity contribution is 7.99. The zero-order valence-electron chi connectivity index (χ0n) is 16.9. The molecular formula is C22H21N3O5S. The second-order valence-corrected chi connectivity index (χ2v) is 8.13. The van der Waals surface area contributed by atoms with Crippen molar-refractivity contribution in [3.05, 3.63) is 53.9 Å². The molecule has 9 heteroatoms. The van der Waals surface area contributed by atoms with Crippen molar-refractivity contribution in [1.29, 1.82) is 0 Å². The SMILES string of the molecule is COc1ccc2c(c1)CCCN2C(=O)CSc1nnc([C@H]2COc3ccccc3O2)o1. The highest BCUT2D eigenvalue weighted by Gasteiger charge is 2.28. The first-order valence-electron chi connectivity index (χ1n) is 10.0. The van der Waals surface area contributed by atoms with Gasteiger partial charge in [-0.3, -0.25) is 4.79 Å². The second-order valence-electron chi connectivity index (χ2n) is 7.20. The number of aromatic nitrogens is 2. The average molecular weight is 439 g/mol. The van der Waals surface area contributed by atoms with Crippen LogP contribution in [0.25, 0.3) is 0 Å². The van der Waals surface area contributed by atoms with E-state index in [9.17, 15) is 4.79 Å². The Kier molecular flexibility index (Phi) is 5.42. The molecule has 0 fully saturated rings. The molecule has 5 rings (SSSR count). The van der Waals surface area contributed by atoms with Crippen LogP contribution in [0, 0.1) is 0 Å². The largest absolute Gasteiger partial charge is 0.497 e. The third-order valence-corrected chi connectivity index (χ3v) is 6.03. The first-order valence-corrected chi connectivity index (χ1v) is 11.0. The maximum atomic E-state index is 12.9. The zero-order valence-corrected chi connectivity index (χ0v) is 17.8. The summed E-state index contributed by atoms with van der Waals surface area (Å²) in [5.41, 5.74) is 2.06. The van der Waals surface area contributed by atoms with E-state index < -0.39 is 6.10 Å². The lowest BCUT2D eigenvalue weighted by Crippen LogP contribution is -2.36. The third-order valence-electron chi connectivity index (χ3n) is 5.23. The van der Waals surface area contributed by atoms with Gasteiger partial charge in [-0.05, 0) is 48.7 Å². The minimum absolute atomic E-state index is 0.00189. The van der Waals surface area contributed by atoms with Crippen LogP contribution in [0.5, 0.6) is 17.2 Å². The Balaban J connectivity index is 1.22. The first-order chi connectivity index (χ1) is 15.2. The van der Waals surface area contributed by atoms with Crippen molar-refractivity contribution in [3.8, 4) is 17.2 Å².